The molecule has 2 unspecified atom stereocenters. The zero-order valence-corrected chi connectivity index (χ0v) is 27.3. The van der Waals surface area contributed by atoms with Crippen LogP contribution in [0, 0.1) is 30.9 Å². The Labute approximate surface area is 267 Å². The number of aryl methyl sites for hydroxylation is 1. The first kappa shape index (κ1) is 31.2. The Bertz CT molecular complexity index is 1790. The van der Waals surface area contributed by atoms with E-state index in [1.165, 1.54) is 6.07 Å². The second kappa shape index (κ2) is 11.7. The van der Waals surface area contributed by atoms with E-state index in [9.17, 15) is 4.39 Å². The van der Waals surface area contributed by atoms with Crippen molar-refractivity contribution in [3.05, 3.63) is 41.1 Å². The molecule has 0 spiro atoms. The Morgan fingerprint density at radius 2 is 1.85 bits per heavy atom. The van der Waals surface area contributed by atoms with Crippen LogP contribution < -0.4 is 9.47 Å². The normalized spacial score (nSPS) is 21.7. The van der Waals surface area contributed by atoms with Gasteiger partial charge in [0.25, 0.3) is 0 Å². The van der Waals surface area contributed by atoms with Crippen molar-refractivity contribution in [2.24, 2.45) is 5.41 Å². The van der Waals surface area contributed by atoms with Crippen molar-refractivity contribution in [1.29, 1.82) is 0 Å². The first-order chi connectivity index (χ1) is 21.9. The van der Waals surface area contributed by atoms with E-state index < -0.39 is 23.4 Å². The third kappa shape index (κ3) is 5.92. The molecule has 2 saturated heterocycles. The highest BCUT2D eigenvalue weighted by Crippen LogP contribution is 2.47. The molecule has 0 radical (unpaired) electrons. The van der Waals surface area contributed by atoms with E-state index >= 15 is 8.78 Å². The molecule has 2 aliphatic heterocycles. The molecular weight excluding hydrogens is 595 g/mol. The molecule has 3 aliphatic rings. The fourth-order valence-corrected chi connectivity index (χ4v) is 6.85. The summed E-state index contributed by atoms with van der Waals surface area (Å²) in [6.07, 6.45) is 5.96. The van der Waals surface area contributed by atoms with Crippen molar-refractivity contribution in [3.63, 3.8) is 0 Å². The van der Waals surface area contributed by atoms with Crippen LogP contribution in [0.25, 0.3) is 32.9 Å². The summed E-state index contributed by atoms with van der Waals surface area (Å²) in [4.78, 5) is 11.1. The van der Waals surface area contributed by atoms with Gasteiger partial charge in [0.05, 0.1) is 29.3 Å². The molecule has 4 heterocycles. The van der Waals surface area contributed by atoms with Gasteiger partial charge in [-0.1, -0.05) is 0 Å². The second-order valence-corrected chi connectivity index (χ2v) is 14.4. The minimum atomic E-state index is -0.815. The van der Waals surface area contributed by atoms with Gasteiger partial charge < -0.3 is 14.2 Å². The van der Waals surface area contributed by atoms with E-state index in [0.29, 0.717) is 37.1 Å². The van der Waals surface area contributed by atoms with Gasteiger partial charge in [0.15, 0.2) is 12.0 Å². The summed E-state index contributed by atoms with van der Waals surface area (Å²) in [6, 6.07) is 3.22. The van der Waals surface area contributed by atoms with Crippen LogP contribution in [0.3, 0.4) is 0 Å². The van der Waals surface area contributed by atoms with E-state index in [4.69, 9.17) is 14.2 Å². The topological polar surface area (TPSA) is 74.5 Å². The molecule has 46 heavy (non-hydrogen) atoms. The third-order valence-corrected chi connectivity index (χ3v) is 9.57. The van der Waals surface area contributed by atoms with Crippen LogP contribution in [-0.2, 0) is 4.74 Å². The molecular formula is C35H42F3N5O3. The number of benzene rings is 2. The largest absolute Gasteiger partial charge is 0.471 e. The van der Waals surface area contributed by atoms with Gasteiger partial charge in [0.2, 0.25) is 5.88 Å². The van der Waals surface area contributed by atoms with Gasteiger partial charge in [-0.3, -0.25) is 4.90 Å². The lowest BCUT2D eigenvalue weighted by Crippen LogP contribution is -2.32. The molecule has 3 fully saturated rings. The van der Waals surface area contributed by atoms with Crippen molar-refractivity contribution in [1.82, 2.24) is 24.6 Å². The van der Waals surface area contributed by atoms with Gasteiger partial charge in [0, 0.05) is 42.6 Å². The molecule has 246 valence electrons. The maximum Gasteiger partial charge on any atom is 0.320 e. The Morgan fingerprint density at radius 1 is 1.04 bits per heavy atom. The highest BCUT2D eigenvalue weighted by Gasteiger charge is 2.46. The maximum atomic E-state index is 16.9. The lowest BCUT2D eigenvalue weighted by atomic mass is 9.92. The summed E-state index contributed by atoms with van der Waals surface area (Å²) in [5.74, 6) is -1.51. The summed E-state index contributed by atoms with van der Waals surface area (Å²) < 4.78 is 67.0. The standard InChI is InChI=1S/C35H42F3N5O3/c1-20-14-26-24(16-39-43(26)27-8-6-7-13-44-27)28(21(20)2)29-25(37)15-23-31(30(29)38)40-33(41-32(23)46-34(3,4)5)45-19-35(10-11-35)18-42-12-9-22(36)17-42/h14-16,22,27H,6-13,17-19H2,1-5H3. The molecule has 2 atom stereocenters. The van der Waals surface area contributed by atoms with E-state index in [1.54, 1.807) is 6.20 Å². The van der Waals surface area contributed by atoms with E-state index in [0.717, 1.165) is 61.8 Å². The molecule has 0 amide bonds. The second-order valence-electron chi connectivity index (χ2n) is 14.4. The van der Waals surface area contributed by atoms with Crippen LogP contribution in [0.5, 0.6) is 11.9 Å². The smallest absolute Gasteiger partial charge is 0.320 e. The number of aromatic nitrogens is 4. The molecule has 2 aromatic heterocycles. The zero-order valence-electron chi connectivity index (χ0n) is 27.3. The SMILES string of the molecule is Cc1cc2c(cnn2C2CCCCO2)c(-c2c(F)cc3c(OC(C)(C)C)nc(OCC4(CN5CCC(F)C5)CC4)nc3c2F)c1C. The molecule has 2 aromatic carbocycles. The number of fused-ring (bicyclic) bond motifs is 2. The number of likely N-dealkylation sites (tertiary alicyclic amines) is 1. The van der Waals surface area contributed by atoms with Crippen LogP contribution >= 0.6 is 0 Å². The van der Waals surface area contributed by atoms with Crippen LogP contribution in [0.1, 0.15) is 76.7 Å². The zero-order chi connectivity index (χ0) is 32.4. The average molecular weight is 638 g/mol. The number of nitrogens with zero attached hydrogens (tertiary/aromatic N) is 5. The number of halogens is 3. The maximum absolute atomic E-state index is 16.9. The Morgan fingerprint density at radius 3 is 2.52 bits per heavy atom. The summed E-state index contributed by atoms with van der Waals surface area (Å²) in [6.45, 7) is 12.2. The molecule has 4 aromatic rings. The van der Waals surface area contributed by atoms with Crippen molar-refractivity contribution in [2.45, 2.75) is 91.1 Å². The molecule has 0 N–H and O–H groups in total. The van der Waals surface area contributed by atoms with E-state index in [2.05, 4.69) is 20.0 Å². The number of hydrogen-bond donors (Lipinski definition) is 0. The number of ether oxygens (including phenoxy) is 3. The predicted molar refractivity (Wildman–Crippen MR) is 170 cm³/mol. The fourth-order valence-electron chi connectivity index (χ4n) is 6.85. The monoisotopic (exact) mass is 637 g/mol. The summed E-state index contributed by atoms with van der Waals surface area (Å²) >= 11 is 0. The quantitative estimate of drug-likeness (QED) is 0.197. The van der Waals surface area contributed by atoms with Crippen LogP contribution in [-0.4, -0.2) is 69.3 Å². The van der Waals surface area contributed by atoms with Crippen molar-refractivity contribution in [2.75, 3.05) is 32.8 Å². The van der Waals surface area contributed by atoms with Crippen LogP contribution in [0.15, 0.2) is 18.3 Å². The number of alkyl halides is 1. The van der Waals surface area contributed by atoms with E-state index in [1.807, 2.05) is 45.4 Å². The first-order valence-electron chi connectivity index (χ1n) is 16.4. The average Bonchev–Trinajstić information content (AvgIpc) is 3.44. The van der Waals surface area contributed by atoms with Gasteiger partial charge in [-0.25, -0.2) is 17.9 Å². The lowest BCUT2D eigenvalue weighted by molar-refractivity contribution is -0.0366. The predicted octanol–water partition coefficient (Wildman–Crippen LogP) is 7.62. The van der Waals surface area contributed by atoms with Crippen LogP contribution in [0.4, 0.5) is 13.2 Å². The Kier molecular flexibility index (Phi) is 7.91. The minimum absolute atomic E-state index is 0.0346. The summed E-state index contributed by atoms with van der Waals surface area (Å²) in [7, 11) is 0. The molecule has 7 rings (SSSR count). The highest BCUT2D eigenvalue weighted by molar-refractivity contribution is 6.00. The van der Waals surface area contributed by atoms with Crippen molar-refractivity contribution in [3.8, 4) is 23.0 Å². The van der Waals surface area contributed by atoms with Crippen molar-refractivity contribution >= 4 is 21.8 Å². The van der Waals surface area contributed by atoms with Gasteiger partial charge in [0.1, 0.15) is 23.1 Å². The molecule has 8 nitrogen and oxygen atoms in total. The highest BCUT2D eigenvalue weighted by atomic mass is 19.1. The first-order valence-corrected chi connectivity index (χ1v) is 16.4. The van der Waals surface area contributed by atoms with Crippen molar-refractivity contribution < 1.29 is 27.4 Å². The van der Waals surface area contributed by atoms with Gasteiger partial charge >= 0.3 is 6.01 Å². The van der Waals surface area contributed by atoms with Gasteiger partial charge in [-0.2, -0.15) is 15.1 Å². The van der Waals surface area contributed by atoms with Gasteiger partial charge in [-0.05, 0) is 96.4 Å². The van der Waals surface area contributed by atoms with E-state index in [-0.39, 0.29) is 40.0 Å². The Hall–Kier alpha value is -3.44. The number of hydrogen-bond acceptors (Lipinski definition) is 7. The van der Waals surface area contributed by atoms with Gasteiger partial charge in [-0.15, -0.1) is 0 Å². The molecule has 0 bridgehead atoms. The summed E-state index contributed by atoms with van der Waals surface area (Å²) in [5, 5.41) is 5.39. The molecule has 1 aliphatic carbocycles. The number of rotatable bonds is 8. The third-order valence-electron chi connectivity index (χ3n) is 9.57. The van der Waals surface area contributed by atoms with Crippen LogP contribution in [0.2, 0.25) is 0 Å². The lowest BCUT2D eigenvalue weighted by Gasteiger charge is -2.24. The summed E-state index contributed by atoms with van der Waals surface area (Å²) in [5.41, 5.74) is 1.75. The molecule has 1 saturated carbocycles. The molecule has 11 heteroatoms. The Balaban J connectivity index is 1.31. The fraction of sp³-hybridized carbons (Fsp3) is 0.571. The minimum Gasteiger partial charge on any atom is -0.471 e.